The SMILES string of the molecule is CCCC1CCC(=O)N(NC(=O)c2nccc3ccccc23)N(CC(=O)NC2CC(=O)OC2OCc2ccccc2)C1=O. The van der Waals surface area contributed by atoms with E-state index in [2.05, 4.69) is 15.7 Å². The summed E-state index contributed by atoms with van der Waals surface area (Å²) in [4.78, 5) is 69.9. The van der Waals surface area contributed by atoms with Crippen LogP contribution in [0.1, 0.15) is 55.1 Å². The lowest BCUT2D eigenvalue weighted by Crippen LogP contribution is -2.60. The van der Waals surface area contributed by atoms with Gasteiger partial charge in [0.1, 0.15) is 18.3 Å². The maximum atomic E-state index is 13.7. The molecule has 4 amide bonds. The Morgan fingerprint density at radius 2 is 1.81 bits per heavy atom. The number of amides is 4. The van der Waals surface area contributed by atoms with Crippen molar-refractivity contribution in [1.29, 1.82) is 0 Å². The number of ether oxygens (including phenoxy) is 2. The van der Waals surface area contributed by atoms with E-state index in [1.165, 1.54) is 6.20 Å². The van der Waals surface area contributed by atoms with E-state index >= 15 is 0 Å². The number of fused-ring (bicyclic) bond motifs is 1. The molecule has 2 aliphatic heterocycles. The lowest BCUT2D eigenvalue weighted by molar-refractivity contribution is -0.172. The van der Waals surface area contributed by atoms with Crippen molar-refractivity contribution in [1.82, 2.24) is 25.9 Å². The van der Waals surface area contributed by atoms with Gasteiger partial charge in [-0.1, -0.05) is 67.9 Å². The first-order valence-corrected chi connectivity index (χ1v) is 14.3. The number of cyclic esters (lactones) is 1. The molecule has 2 fully saturated rings. The number of aromatic nitrogens is 1. The Balaban J connectivity index is 1.33. The molecule has 2 aliphatic rings. The van der Waals surface area contributed by atoms with Gasteiger partial charge in [-0.3, -0.25) is 29.0 Å². The van der Waals surface area contributed by atoms with Crippen molar-refractivity contribution in [3.63, 3.8) is 0 Å². The number of rotatable bonds is 10. The smallest absolute Gasteiger partial charge is 0.310 e. The fourth-order valence-corrected chi connectivity index (χ4v) is 5.25. The van der Waals surface area contributed by atoms with E-state index < -0.39 is 54.4 Å². The number of esters is 1. The van der Waals surface area contributed by atoms with E-state index in [-0.39, 0.29) is 31.6 Å². The molecule has 2 N–H and O–H groups in total. The highest BCUT2D eigenvalue weighted by molar-refractivity contribution is 6.05. The van der Waals surface area contributed by atoms with Crippen LogP contribution < -0.4 is 10.7 Å². The standard InChI is InChI=1S/C31H33N5O7/c1-2-8-22-13-14-26(38)36(34-29(40)28-23-12-7-6-11-21(23)15-16-32-28)35(30(22)41)18-25(37)33-24-17-27(39)43-31(24)42-19-20-9-4-3-5-10-20/h3-7,9-12,15-16,22,24,31H,2,8,13-14,17-19H2,1H3,(H,33,37)(H,34,40). The highest BCUT2D eigenvalue weighted by Crippen LogP contribution is 2.24. The lowest BCUT2D eigenvalue weighted by atomic mass is 9.97. The Morgan fingerprint density at radius 3 is 2.60 bits per heavy atom. The molecule has 5 rings (SSSR count). The summed E-state index contributed by atoms with van der Waals surface area (Å²) in [7, 11) is 0. The van der Waals surface area contributed by atoms with Crippen LogP contribution in [-0.4, -0.2) is 63.6 Å². The molecule has 1 aromatic heterocycles. The molecule has 12 heteroatoms. The molecule has 2 aromatic carbocycles. The quantitative estimate of drug-likeness (QED) is 0.344. The fraction of sp³-hybridized carbons (Fsp3) is 0.355. The summed E-state index contributed by atoms with van der Waals surface area (Å²) in [6.07, 6.45) is 1.82. The average molecular weight is 588 g/mol. The third-order valence-electron chi connectivity index (χ3n) is 7.38. The van der Waals surface area contributed by atoms with Crippen LogP contribution in [0.25, 0.3) is 10.8 Å². The number of benzene rings is 2. The van der Waals surface area contributed by atoms with Crippen molar-refractivity contribution < 1.29 is 33.4 Å². The van der Waals surface area contributed by atoms with Crippen LogP contribution in [0.2, 0.25) is 0 Å². The molecule has 0 spiro atoms. The van der Waals surface area contributed by atoms with E-state index in [1.54, 1.807) is 18.2 Å². The van der Waals surface area contributed by atoms with Crippen LogP contribution in [0, 0.1) is 5.92 Å². The number of hydrazine groups is 2. The number of nitrogens with one attached hydrogen (secondary N) is 2. The molecule has 0 aliphatic carbocycles. The molecule has 0 saturated carbocycles. The highest BCUT2D eigenvalue weighted by Gasteiger charge is 2.40. The Kier molecular flexibility index (Phi) is 9.26. The van der Waals surface area contributed by atoms with Gasteiger partial charge in [0, 0.05) is 23.9 Å². The summed E-state index contributed by atoms with van der Waals surface area (Å²) >= 11 is 0. The van der Waals surface area contributed by atoms with Gasteiger partial charge in [0.2, 0.25) is 18.1 Å². The third-order valence-corrected chi connectivity index (χ3v) is 7.38. The van der Waals surface area contributed by atoms with Crippen molar-refractivity contribution in [3.05, 3.63) is 78.1 Å². The zero-order chi connectivity index (χ0) is 30.3. The maximum Gasteiger partial charge on any atom is 0.310 e. The normalized spacial score (nSPS) is 20.6. The number of pyridine rings is 1. The first kappa shape index (κ1) is 29.6. The molecule has 3 heterocycles. The topological polar surface area (TPSA) is 147 Å². The van der Waals surface area contributed by atoms with Gasteiger partial charge in [-0.25, -0.2) is 10.4 Å². The molecule has 224 valence electrons. The number of carbonyl (C=O) groups excluding carboxylic acids is 5. The van der Waals surface area contributed by atoms with Crippen molar-refractivity contribution in [2.24, 2.45) is 5.92 Å². The van der Waals surface area contributed by atoms with Crippen molar-refractivity contribution in [3.8, 4) is 0 Å². The number of nitrogens with zero attached hydrogens (tertiary/aromatic N) is 3. The molecule has 2 saturated heterocycles. The molecule has 12 nitrogen and oxygen atoms in total. The highest BCUT2D eigenvalue weighted by atomic mass is 16.7. The summed E-state index contributed by atoms with van der Waals surface area (Å²) in [6.45, 7) is 1.50. The van der Waals surface area contributed by atoms with Crippen molar-refractivity contribution in [2.45, 2.75) is 58.0 Å². The van der Waals surface area contributed by atoms with E-state index in [0.29, 0.717) is 18.2 Å². The molecule has 0 radical (unpaired) electrons. The molecule has 3 aromatic rings. The van der Waals surface area contributed by atoms with E-state index in [0.717, 1.165) is 21.1 Å². The Labute approximate surface area is 248 Å². The van der Waals surface area contributed by atoms with Gasteiger partial charge in [0.25, 0.3) is 11.8 Å². The predicted molar refractivity (Wildman–Crippen MR) is 153 cm³/mol. The number of hydrogen-bond acceptors (Lipinski definition) is 8. The predicted octanol–water partition coefficient (Wildman–Crippen LogP) is 2.64. The fourth-order valence-electron chi connectivity index (χ4n) is 5.25. The van der Waals surface area contributed by atoms with Crippen LogP contribution in [0.15, 0.2) is 66.9 Å². The second-order valence-corrected chi connectivity index (χ2v) is 10.5. The molecular weight excluding hydrogens is 554 g/mol. The van der Waals surface area contributed by atoms with Gasteiger partial charge in [0.05, 0.1) is 13.0 Å². The first-order chi connectivity index (χ1) is 20.8. The van der Waals surface area contributed by atoms with E-state index in [9.17, 15) is 24.0 Å². The maximum absolute atomic E-state index is 13.7. The number of carbonyl (C=O) groups is 5. The second-order valence-electron chi connectivity index (χ2n) is 10.5. The summed E-state index contributed by atoms with van der Waals surface area (Å²) < 4.78 is 11.0. The lowest BCUT2D eigenvalue weighted by Gasteiger charge is -2.33. The van der Waals surface area contributed by atoms with Crippen LogP contribution in [-0.2, 0) is 35.3 Å². The minimum absolute atomic E-state index is 0.00185. The monoisotopic (exact) mass is 587 g/mol. The van der Waals surface area contributed by atoms with Gasteiger partial charge in [-0.05, 0) is 29.9 Å². The van der Waals surface area contributed by atoms with Gasteiger partial charge in [0.15, 0.2) is 0 Å². The van der Waals surface area contributed by atoms with Gasteiger partial charge in [-0.2, -0.15) is 5.12 Å². The minimum atomic E-state index is -1.03. The van der Waals surface area contributed by atoms with E-state index in [1.807, 2.05) is 49.4 Å². The summed E-state index contributed by atoms with van der Waals surface area (Å²) in [5, 5.41) is 5.84. The Morgan fingerprint density at radius 1 is 1.05 bits per heavy atom. The zero-order valence-electron chi connectivity index (χ0n) is 23.7. The van der Waals surface area contributed by atoms with Crippen molar-refractivity contribution >= 4 is 40.4 Å². The zero-order valence-corrected chi connectivity index (χ0v) is 23.7. The minimum Gasteiger partial charge on any atom is -0.433 e. The molecule has 43 heavy (non-hydrogen) atoms. The molecule has 3 atom stereocenters. The Hall–Kier alpha value is -4.84. The second kappa shape index (κ2) is 13.4. The molecule has 0 bridgehead atoms. The number of hydrogen-bond donors (Lipinski definition) is 2. The van der Waals surface area contributed by atoms with Crippen LogP contribution in [0.3, 0.4) is 0 Å². The van der Waals surface area contributed by atoms with Crippen molar-refractivity contribution in [2.75, 3.05) is 6.54 Å². The summed E-state index contributed by atoms with van der Waals surface area (Å²) in [6, 6.07) is 17.4. The summed E-state index contributed by atoms with van der Waals surface area (Å²) in [5.41, 5.74) is 3.44. The van der Waals surface area contributed by atoms with Crippen LogP contribution in [0.4, 0.5) is 0 Å². The molecule has 3 unspecified atom stereocenters. The molecular formula is C31H33N5O7. The first-order valence-electron chi connectivity index (χ1n) is 14.3. The third kappa shape index (κ3) is 6.97. The van der Waals surface area contributed by atoms with Gasteiger partial charge in [-0.15, -0.1) is 0 Å². The van der Waals surface area contributed by atoms with Crippen LogP contribution >= 0.6 is 0 Å². The van der Waals surface area contributed by atoms with E-state index in [4.69, 9.17) is 9.47 Å². The van der Waals surface area contributed by atoms with Gasteiger partial charge < -0.3 is 14.8 Å². The Bertz CT molecular complexity index is 1510. The van der Waals surface area contributed by atoms with Gasteiger partial charge >= 0.3 is 5.97 Å². The average Bonchev–Trinajstić information content (AvgIpc) is 3.32. The largest absolute Gasteiger partial charge is 0.433 e. The summed E-state index contributed by atoms with van der Waals surface area (Å²) in [5.74, 6) is -3.43. The van der Waals surface area contributed by atoms with Crippen LogP contribution in [0.5, 0.6) is 0 Å².